The van der Waals surface area contributed by atoms with E-state index in [9.17, 15) is 13.2 Å². The molecule has 1 aromatic rings. The summed E-state index contributed by atoms with van der Waals surface area (Å²) < 4.78 is 37.8. The maximum absolute atomic E-state index is 12.6. The molecule has 17 heavy (non-hydrogen) atoms. The minimum atomic E-state index is -4.54. The lowest BCUT2D eigenvalue weighted by Crippen LogP contribution is -2.09. The van der Waals surface area contributed by atoms with Gasteiger partial charge in [-0.3, -0.25) is 0 Å². The molecule has 1 rings (SSSR count). The second-order valence-corrected chi connectivity index (χ2v) is 3.36. The Kier molecular flexibility index (Phi) is 4.41. The molecule has 0 aliphatic rings. The van der Waals surface area contributed by atoms with Crippen LogP contribution in [0.3, 0.4) is 0 Å². The first-order chi connectivity index (χ1) is 7.99. The van der Waals surface area contributed by atoms with Crippen molar-refractivity contribution in [2.24, 2.45) is 0 Å². The molecular weight excluding hydrogens is 253 g/mol. The van der Waals surface area contributed by atoms with Gasteiger partial charge in [0.15, 0.2) is 0 Å². The average molecular weight is 261 g/mol. The zero-order valence-corrected chi connectivity index (χ0v) is 9.31. The zero-order valence-electron chi connectivity index (χ0n) is 8.55. The van der Waals surface area contributed by atoms with Gasteiger partial charge < -0.3 is 5.32 Å². The van der Waals surface area contributed by atoms with Crippen molar-refractivity contribution >= 4 is 17.3 Å². The highest BCUT2D eigenvalue weighted by atomic mass is 35.5. The standard InChI is InChI=1S/C11H8ClF3N2/c12-4-1-5-17-9-3-2-8(7-16)10(6-9)11(13,14)15/h1-4,6,17H,5H2/b4-1+. The number of halogens is 4. The highest BCUT2D eigenvalue weighted by molar-refractivity contribution is 6.25. The van der Waals surface area contributed by atoms with Gasteiger partial charge in [-0.1, -0.05) is 17.7 Å². The van der Waals surface area contributed by atoms with E-state index in [2.05, 4.69) is 5.32 Å². The Morgan fingerprint density at radius 2 is 2.12 bits per heavy atom. The summed E-state index contributed by atoms with van der Waals surface area (Å²) in [6, 6.07) is 4.96. The van der Waals surface area contributed by atoms with E-state index in [4.69, 9.17) is 16.9 Å². The van der Waals surface area contributed by atoms with E-state index in [1.165, 1.54) is 17.7 Å². The third-order valence-electron chi connectivity index (χ3n) is 1.96. The SMILES string of the molecule is N#Cc1ccc(NC/C=C/Cl)cc1C(F)(F)F. The van der Waals surface area contributed by atoms with Crippen LogP contribution in [0.2, 0.25) is 0 Å². The van der Waals surface area contributed by atoms with Crippen molar-refractivity contribution in [3.63, 3.8) is 0 Å². The molecule has 0 radical (unpaired) electrons. The van der Waals surface area contributed by atoms with Gasteiger partial charge in [-0.25, -0.2) is 0 Å². The third-order valence-corrected chi connectivity index (χ3v) is 2.14. The van der Waals surface area contributed by atoms with E-state index in [1.54, 1.807) is 6.08 Å². The number of hydrogen-bond acceptors (Lipinski definition) is 2. The molecule has 6 heteroatoms. The molecule has 0 fully saturated rings. The highest BCUT2D eigenvalue weighted by Crippen LogP contribution is 2.33. The van der Waals surface area contributed by atoms with Crippen LogP contribution in [-0.2, 0) is 6.18 Å². The average Bonchev–Trinajstić information content (AvgIpc) is 2.28. The van der Waals surface area contributed by atoms with Gasteiger partial charge in [-0.15, -0.1) is 0 Å². The van der Waals surface area contributed by atoms with E-state index >= 15 is 0 Å². The van der Waals surface area contributed by atoms with Gasteiger partial charge in [-0.05, 0) is 18.2 Å². The van der Waals surface area contributed by atoms with Gasteiger partial charge in [-0.2, -0.15) is 18.4 Å². The van der Waals surface area contributed by atoms with E-state index in [0.29, 0.717) is 6.54 Å². The normalized spacial score (nSPS) is 11.5. The molecule has 90 valence electrons. The number of anilines is 1. The van der Waals surface area contributed by atoms with Crippen molar-refractivity contribution in [2.75, 3.05) is 11.9 Å². The van der Waals surface area contributed by atoms with Gasteiger partial charge >= 0.3 is 6.18 Å². The lowest BCUT2D eigenvalue weighted by Gasteiger charge is -2.11. The van der Waals surface area contributed by atoms with Crippen LogP contribution in [0.5, 0.6) is 0 Å². The molecule has 2 nitrogen and oxygen atoms in total. The quantitative estimate of drug-likeness (QED) is 0.899. The molecule has 0 aromatic heterocycles. The summed E-state index contributed by atoms with van der Waals surface area (Å²) in [7, 11) is 0. The molecule has 0 heterocycles. The van der Waals surface area contributed by atoms with Crippen LogP contribution >= 0.6 is 11.6 Å². The predicted molar refractivity (Wildman–Crippen MR) is 59.6 cm³/mol. The largest absolute Gasteiger partial charge is 0.417 e. The fourth-order valence-electron chi connectivity index (χ4n) is 1.21. The molecule has 0 spiro atoms. The minimum Gasteiger partial charge on any atom is -0.382 e. The van der Waals surface area contributed by atoms with Gasteiger partial charge in [0.05, 0.1) is 17.2 Å². The summed E-state index contributed by atoms with van der Waals surface area (Å²) in [5.74, 6) is 0. The fraction of sp³-hybridized carbons (Fsp3) is 0.182. The third kappa shape index (κ3) is 3.68. The molecule has 0 atom stereocenters. The van der Waals surface area contributed by atoms with Gasteiger partial charge in [0.25, 0.3) is 0 Å². The van der Waals surface area contributed by atoms with Crippen LogP contribution in [0.1, 0.15) is 11.1 Å². The van der Waals surface area contributed by atoms with Crippen molar-refractivity contribution in [3.05, 3.63) is 40.9 Å². The Balaban J connectivity index is 3.02. The molecule has 0 aliphatic heterocycles. The van der Waals surface area contributed by atoms with Crippen LogP contribution in [0, 0.1) is 11.3 Å². The number of nitrogens with zero attached hydrogens (tertiary/aromatic N) is 1. The summed E-state index contributed by atoms with van der Waals surface area (Å²) in [5.41, 5.74) is 0.211. The van der Waals surface area contributed by atoms with Crippen LogP contribution < -0.4 is 5.32 Å². The van der Waals surface area contributed by atoms with Gasteiger partial charge in [0.2, 0.25) is 0 Å². The minimum absolute atomic E-state index is 0.283. The monoisotopic (exact) mass is 260 g/mol. The van der Waals surface area contributed by atoms with E-state index < -0.39 is 17.3 Å². The molecule has 0 unspecified atom stereocenters. The number of benzene rings is 1. The maximum atomic E-state index is 12.6. The van der Waals surface area contributed by atoms with Crippen LogP contribution in [-0.4, -0.2) is 6.54 Å². The van der Waals surface area contributed by atoms with Crippen molar-refractivity contribution in [2.45, 2.75) is 6.18 Å². The highest BCUT2D eigenvalue weighted by Gasteiger charge is 2.33. The summed E-state index contributed by atoms with van der Waals surface area (Å²) in [6.45, 7) is 0.312. The number of rotatable bonds is 3. The van der Waals surface area contributed by atoms with Crippen molar-refractivity contribution in [1.82, 2.24) is 0 Å². The molecule has 0 amide bonds. The second-order valence-electron chi connectivity index (χ2n) is 3.11. The van der Waals surface area contributed by atoms with Crippen molar-refractivity contribution in [3.8, 4) is 6.07 Å². The number of alkyl halides is 3. The summed E-state index contributed by atoms with van der Waals surface area (Å²) >= 11 is 5.28. The van der Waals surface area contributed by atoms with Gasteiger partial charge in [0, 0.05) is 17.8 Å². The maximum Gasteiger partial charge on any atom is 0.417 e. The topological polar surface area (TPSA) is 35.8 Å². The first-order valence-electron chi connectivity index (χ1n) is 4.59. The summed E-state index contributed by atoms with van der Waals surface area (Å²) in [4.78, 5) is 0. The lowest BCUT2D eigenvalue weighted by atomic mass is 10.1. The van der Waals surface area contributed by atoms with Crippen molar-refractivity contribution in [1.29, 1.82) is 5.26 Å². The Labute approximate surface area is 101 Å². The fourth-order valence-corrected chi connectivity index (χ4v) is 1.30. The predicted octanol–water partition coefficient (Wildman–Crippen LogP) is 3.74. The van der Waals surface area contributed by atoms with Crippen LogP contribution in [0.15, 0.2) is 29.8 Å². The molecule has 0 bridgehead atoms. The first kappa shape index (κ1) is 13.4. The summed E-state index contributed by atoms with van der Waals surface area (Å²) in [5, 5.41) is 11.3. The van der Waals surface area contributed by atoms with Crippen molar-refractivity contribution < 1.29 is 13.2 Å². The Morgan fingerprint density at radius 3 is 2.65 bits per heavy atom. The Bertz CT molecular complexity index is 461. The Morgan fingerprint density at radius 1 is 1.41 bits per heavy atom. The Hall–Kier alpha value is -1.67. The molecule has 0 saturated carbocycles. The van der Waals surface area contributed by atoms with E-state index in [1.807, 2.05) is 0 Å². The first-order valence-corrected chi connectivity index (χ1v) is 5.03. The smallest absolute Gasteiger partial charge is 0.382 e. The zero-order chi connectivity index (χ0) is 12.9. The molecule has 0 saturated heterocycles. The second kappa shape index (κ2) is 5.60. The number of nitrogens with one attached hydrogen (secondary N) is 1. The number of hydrogen-bond donors (Lipinski definition) is 1. The van der Waals surface area contributed by atoms with Crippen LogP contribution in [0.4, 0.5) is 18.9 Å². The number of nitriles is 1. The molecule has 0 aliphatic carbocycles. The van der Waals surface area contributed by atoms with E-state index in [0.717, 1.165) is 12.1 Å². The lowest BCUT2D eigenvalue weighted by molar-refractivity contribution is -0.137. The summed E-state index contributed by atoms with van der Waals surface area (Å²) in [6.07, 6.45) is -2.99. The molecule has 1 aromatic carbocycles. The van der Waals surface area contributed by atoms with Gasteiger partial charge in [0.1, 0.15) is 0 Å². The molecule has 1 N–H and O–H groups in total. The molecular formula is C11H8ClF3N2. The van der Waals surface area contributed by atoms with E-state index in [-0.39, 0.29) is 5.69 Å². The van der Waals surface area contributed by atoms with Crippen LogP contribution in [0.25, 0.3) is 0 Å².